The van der Waals surface area contributed by atoms with E-state index >= 15 is 0 Å². The number of nitrogens with one attached hydrogen (secondary N) is 3. The topological polar surface area (TPSA) is 96.5 Å². The van der Waals surface area contributed by atoms with E-state index in [1.54, 1.807) is 42.5 Å². The highest BCUT2D eigenvalue weighted by molar-refractivity contribution is 6.30. The average Bonchev–Trinajstić information content (AvgIpc) is 2.65. The molecule has 3 amide bonds. The number of aryl methyl sites for hydroxylation is 1. The van der Waals surface area contributed by atoms with Gasteiger partial charge in [-0.1, -0.05) is 23.7 Å². The SMILES string of the molecule is CC(=O)c1cccc(NC(=O)NNC(=O)CCCOc2ccc(Cl)cc2C)c1. The molecule has 0 fully saturated rings. The molecule has 0 aliphatic carbocycles. The van der Waals surface area contributed by atoms with Gasteiger partial charge in [0.25, 0.3) is 0 Å². The smallest absolute Gasteiger partial charge is 0.337 e. The zero-order valence-corrected chi connectivity index (χ0v) is 16.4. The summed E-state index contributed by atoms with van der Waals surface area (Å²) in [6, 6.07) is 11.2. The number of ketones is 1. The van der Waals surface area contributed by atoms with E-state index < -0.39 is 6.03 Å². The van der Waals surface area contributed by atoms with Gasteiger partial charge in [-0.3, -0.25) is 15.0 Å². The van der Waals surface area contributed by atoms with Crippen LogP contribution in [0, 0.1) is 6.92 Å². The standard InChI is InChI=1S/C20H22ClN3O4/c1-13-11-16(21)8-9-18(13)28-10-4-7-19(26)23-24-20(27)22-17-6-3-5-15(12-17)14(2)25/h3,5-6,8-9,11-12H,4,7,10H2,1-2H3,(H,23,26)(H2,22,24,27). The molecule has 0 heterocycles. The molecule has 0 aliphatic rings. The number of carbonyl (C=O) groups excluding carboxylic acids is 3. The van der Waals surface area contributed by atoms with Crippen molar-refractivity contribution in [2.45, 2.75) is 26.7 Å². The van der Waals surface area contributed by atoms with Crippen molar-refractivity contribution in [3.63, 3.8) is 0 Å². The predicted molar refractivity (Wildman–Crippen MR) is 108 cm³/mol. The Bertz CT molecular complexity index is 870. The van der Waals surface area contributed by atoms with Crippen LogP contribution >= 0.6 is 11.6 Å². The normalized spacial score (nSPS) is 10.1. The van der Waals surface area contributed by atoms with E-state index in [4.69, 9.17) is 16.3 Å². The fraction of sp³-hybridized carbons (Fsp3) is 0.250. The first kappa shape index (κ1) is 21.2. The van der Waals surface area contributed by atoms with Gasteiger partial charge in [0.2, 0.25) is 5.91 Å². The summed E-state index contributed by atoms with van der Waals surface area (Å²) in [5.41, 5.74) is 6.43. The molecule has 0 saturated carbocycles. The van der Waals surface area contributed by atoms with E-state index in [-0.39, 0.29) is 18.1 Å². The van der Waals surface area contributed by atoms with Gasteiger partial charge in [-0.25, -0.2) is 10.2 Å². The number of amides is 3. The van der Waals surface area contributed by atoms with E-state index in [2.05, 4.69) is 16.2 Å². The highest BCUT2D eigenvalue weighted by atomic mass is 35.5. The summed E-state index contributed by atoms with van der Waals surface area (Å²) in [4.78, 5) is 35.0. The van der Waals surface area contributed by atoms with Crippen molar-refractivity contribution >= 4 is 35.0 Å². The molecule has 0 radical (unpaired) electrons. The lowest BCUT2D eigenvalue weighted by molar-refractivity contribution is -0.122. The Morgan fingerprint density at radius 1 is 1.07 bits per heavy atom. The average molecular weight is 404 g/mol. The second kappa shape index (κ2) is 10.3. The molecule has 2 rings (SSSR count). The number of halogens is 1. The van der Waals surface area contributed by atoms with E-state index in [0.29, 0.717) is 29.3 Å². The maximum Gasteiger partial charge on any atom is 0.337 e. The van der Waals surface area contributed by atoms with Crippen molar-refractivity contribution in [3.8, 4) is 5.75 Å². The number of anilines is 1. The first-order valence-corrected chi connectivity index (χ1v) is 9.09. The van der Waals surface area contributed by atoms with Gasteiger partial charge in [-0.2, -0.15) is 0 Å². The lowest BCUT2D eigenvalue weighted by atomic mass is 10.1. The van der Waals surface area contributed by atoms with Crippen LogP contribution in [0.25, 0.3) is 0 Å². The van der Waals surface area contributed by atoms with Crippen molar-refractivity contribution in [3.05, 3.63) is 58.6 Å². The van der Waals surface area contributed by atoms with Crippen LogP contribution in [0.15, 0.2) is 42.5 Å². The fourth-order valence-electron chi connectivity index (χ4n) is 2.36. The second-order valence-electron chi connectivity index (χ2n) is 6.13. The number of carbonyl (C=O) groups is 3. The zero-order valence-electron chi connectivity index (χ0n) is 15.7. The molecule has 7 nitrogen and oxygen atoms in total. The van der Waals surface area contributed by atoms with Crippen LogP contribution in [-0.2, 0) is 4.79 Å². The molecule has 0 saturated heterocycles. The van der Waals surface area contributed by atoms with E-state index in [1.807, 2.05) is 6.92 Å². The first-order chi connectivity index (χ1) is 13.3. The lowest BCUT2D eigenvalue weighted by Crippen LogP contribution is -2.43. The van der Waals surface area contributed by atoms with Gasteiger partial charge in [0.05, 0.1) is 6.61 Å². The van der Waals surface area contributed by atoms with Gasteiger partial charge in [0.1, 0.15) is 5.75 Å². The van der Waals surface area contributed by atoms with E-state index in [1.165, 1.54) is 6.92 Å². The number of urea groups is 1. The minimum atomic E-state index is -0.609. The summed E-state index contributed by atoms with van der Waals surface area (Å²) in [5.74, 6) is 0.271. The number of hydrazine groups is 1. The Labute approximate surface area is 168 Å². The van der Waals surface area contributed by atoms with Gasteiger partial charge in [0.15, 0.2) is 5.78 Å². The molecule has 28 heavy (non-hydrogen) atoms. The number of benzene rings is 2. The number of hydrogen-bond donors (Lipinski definition) is 3. The molecule has 0 bridgehead atoms. The number of rotatable bonds is 7. The molecule has 3 N–H and O–H groups in total. The number of ether oxygens (including phenoxy) is 1. The maximum absolute atomic E-state index is 11.8. The molecular formula is C20H22ClN3O4. The third kappa shape index (κ3) is 6.92. The summed E-state index contributed by atoms with van der Waals surface area (Å²) in [6.07, 6.45) is 0.671. The van der Waals surface area contributed by atoms with Crippen molar-refractivity contribution in [1.82, 2.24) is 10.9 Å². The third-order valence-electron chi connectivity index (χ3n) is 3.79. The zero-order chi connectivity index (χ0) is 20.5. The summed E-state index contributed by atoms with van der Waals surface area (Å²) in [5, 5.41) is 3.18. The van der Waals surface area contributed by atoms with Crippen molar-refractivity contribution < 1.29 is 19.1 Å². The van der Waals surface area contributed by atoms with E-state index in [9.17, 15) is 14.4 Å². The van der Waals surface area contributed by atoms with Gasteiger partial charge in [0, 0.05) is 22.7 Å². The van der Waals surface area contributed by atoms with Crippen molar-refractivity contribution in [2.75, 3.05) is 11.9 Å². The molecule has 8 heteroatoms. The van der Waals surface area contributed by atoms with Crippen LogP contribution in [0.2, 0.25) is 5.02 Å². The molecule has 0 spiro atoms. The van der Waals surface area contributed by atoms with Crippen molar-refractivity contribution in [2.24, 2.45) is 0 Å². The Morgan fingerprint density at radius 3 is 2.57 bits per heavy atom. The molecule has 0 aromatic heterocycles. The Kier molecular flexibility index (Phi) is 7.83. The molecule has 0 atom stereocenters. The predicted octanol–water partition coefficient (Wildman–Crippen LogP) is 3.86. The van der Waals surface area contributed by atoms with Crippen LogP contribution in [-0.4, -0.2) is 24.3 Å². The molecule has 148 valence electrons. The second-order valence-corrected chi connectivity index (χ2v) is 6.56. The Balaban J connectivity index is 1.67. The van der Waals surface area contributed by atoms with E-state index in [0.717, 1.165) is 11.3 Å². The lowest BCUT2D eigenvalue weighted by Gasteiger charge is -2.11. The third-order valence-corrected chi connectivity index (χ3v) is 4.02. The molecule has 0 unspecified atom stereocenters. The maximum atomic E-state index is 11.8. The molecular weight excluding hydrogens is 382 g/mol. The summed E-state index contributed by atoms with van der Waals surface area (Å²) in [7, 11) is 0. The fourth-order valence-corrected chi connectivity index (χ4v) is 2.58. The van der Waals surface area contributed by atoms with Gasteiger partial charge < -0.3 is 10.1 Å². The van der Waals surface area contributed by atoms with Gasteiger partial charge in [-0.15, -0.1) is 0 Å². The summed E-state index contributed by atoms with van der Waals surface area (Å²) < 4.78 is 5.61. The Morgan fingerprint density at radius 2 is 1.86 bits per heavy atom. The van der Waals surface area contributed by atoms with Crippen molar-refractivity contribution in [1.29, 1.82) is 0 Å². The largest absolute Gasteiger partial charge is 0.493 e. The highest BCUT2D eigenvalue weighted by Gasteiger charge is 2.07. The van der Waals surface area contributed by atoms with Crippen LogP contribution in [0.4, 0.5) is 10.5 Å². The minimum absolute atomic E-state index is 0.103. The minimum Gasteiger partial charge on any atom is -0.493 e. The number of hydrogen-bond acceptors (Lipinski definition) is 4. The van der Waals surface area contributed by atoms with Crippen LogP contribution in [0.3, 0.4) is 0 Å². The van der Waals surface area contributed by atoms with Gasteiger partial charge >= 0.3 is 6.03 Å². The van der Waals surface area contributed by atoms with Crippen LogP contribution in [0.1, 0.15) is 35.7 Å². The quantitative estimate of drug-likeness (QED) is 0.371. The Hall–Kier alpha value is -3.06. The number of Topliss-reactive ketones (excluding diaryl/α,β-unsaturated/α-hetero) is 1. The molecule has 0 aliphatic heterocycles. The van der Waals surface area contributed by atoms with Gasteiger partial charge in [-0.05, 0) is 56.2 Å². The summed E-state index contributed by atoms with van der Waals surface area (Å²) in [6.45, 7) is 3.69. The molecule has 2 aromatic rings. The van der Waals surface area contributed by atoms with Crippen LogP contribution < -0.4 is 20.9 Å². The molecule has 2 aromatic carbocycles. The summed E-state index contributed by atoms with van der Waals surface area (Å²) >= 11 is 5.89. The van der Waals surface area contributed by atoms with Crippen LogP contribution in [0.5, 0.6) is 5.75 Å². The highest BCUT2D eigenvalue weighted by Crippen LogP contribution is 2.21. The first-order valence-electron chi connectivity index (χ1n) is 8.71. The monoisotopic (exact) mass is 403 g/mol.